The van der Waals surface area contributed by atoms with Crippen LogP contribution in [0.15, 0.2) is 30.4 Å². The number of benzene rings is 1. The second kappa shape index (κ2) is 7.25. The third-order valence-corrected chi connectivity index (χ3v) is 4.91. The third kappa shape index (κ3) is 5.64. The molecule has 3 N–H and O–H groups in total. The molecule has 3 nitrogen and oxygen atoms in total. The van der Waals surface area contributed by atoms with Gasteiger partial charge in [0.1, 0.15) is 0 Å². The Morgan fingerprint density at radius 3 is 2.24 bits per heavy atom. The summed E-state index contributed by atoms with van der Waals surface area (Å²) in [6.07, 6.45) is 6.54. The molecule has 0 unspecified atom stereocenters. The zero-order valence-corrected chi connectivity index (χ0v) is 16.6. The number of aryl methyl sites for hydroxylation is 2. The summed E-state index contributed by atoms with van der Waals surface area (Å²) in [5.74, 6) is 0.513. The van der Waals surface area contributed by atoms with E-state index in [1.54, 1.807) is 6.08 Å². The molecule has 0 amide bonds. The SMILES string of the molecule is Cc1ccc(C(=N)/C=C\C(=N)CC2CC(C)(C)NC(C)(C)C2)c(C)c1. The van der Waals surface area contributed by atoms with Crippen molar-refractivity contribution in [1.29, 1.82) is 10.8 Å². The average molecular weight is 340 g/mol. The first kappa shape index (κ1) is 19.6. The van der Waals surface area contributed by atoms with Gasteiger partial charge in [-0.2, -0.15) is 0 Å². The van der Waals surface area contributed by atoms with E-state index in [0.717, 1.165) is 30.4 Å². The Morgan fingerprint density at radius 2 is 1.68 bits per heavy atom. The fraction of sp³-hybridized carbons (Fsp3) is 0.545. The van der Waals surface area contributed by atoms with Crippen LogP contribution in [0.2, 0.25) is 0 Å². The van der Waals surface area contributed by atoms with Crippen LogP contribution >= 0.6 is 0 Å². The van der Waals surface area contributed by atoms with Crippen molar-refractivity contribution >= 4 is 11.4 Å². The number of hydrogen-bond donors (Lipinski definition) is 3. The van der Waals surface area contributed by atoms with E-state index >= 15 is 0 Å². The van der Waals surface area contributed by atoms with Gasteiger partial charge in [-0.3, -0.25) is 0 Å². The predicted octanol–water partition coefficient (Wildman–Crippen LogP) is 5.19. The maximum Gasteiger partial charge on any atom is 0.0615 e. The quantitative estimate of drug-likeness (QED) is 0.635. The first-order valence-corrected chi connectivity index (χ1v) is 9.18. The molecule has 136 valence electrons. The number of rotatable bonds is 5. The van der Waals surface area contributed by atoms with Crippen molar-refractivity contribution in [3.05, 3.63) is 47.0 Å². The Hall–Kier alpha value is -1.74. The van der Waals surface area contributed by atoms with Crippen LogP contribution < -0.4 is 5.32 Å². The van der Waals surface area contributed by atoms with E-state index < -0.39 is 0 Å². The van der Waals surface area contributed by atoms with Crippen LogP contribution in [0.25, 0.3) is 0 Å². The summed E-state index contributed by atoms with van der Waals surface area (Å²) in [6.45, 7) is 13.1. The molecule has 0 bridgehead atoms. The number of hydrogen-bond acceptors (Lipinski definition) is 3. The Kier molecular flexibility index (Phi) is 5.68. The van der Waals surface area contributed by atoms with Gasteiger partial charge in [0, 0.05) is 22.4 Å². The summed E-state index contributed by atoms with van der Waals surface area (Å²) in [4.78, 5) is 0. The number of piperidine rings is 1. The van der Waals surface area contributed by atoms with Crippen molar-refractivity contribution in [2.75, 3.05) is 0 Å². The van der Waals surface area contributed by atoms with E-state index in [1.165, 1.54) is 5.56 Å². The highest BCUT2D eigenvalue weighted by Crippen LogP contribution is 2.34. The second-order valence-corrected chi connectivity index (χ2v) is 8.96. The molecular formula is C22H33N3. The van der Waals surface area contributed by atoms with Crippen molar-refractivity contribution < 1.29 is 0 Å². The van der Waals surface area contributed by atoms with Crippen molar-refractivity contribution in [2.45, 2.75) is 71.9 Å². The van der Waals surface area contributed by atoms with Crippen LogP contribution in [-0.2, 0) is 0 Å². The Balaban J connectivity index is 1.99. The normalized spacial score (nSPS) is 19.9. The lowest BCUT2D eigenvalue weighted by molar-refractivity contribution is 0.132. The van der Waals surface area contributed by atoms with Gasteiger partial charge in [0.05, 0.1) is 5.71 Å². The lowest BCUT2D eigenvalue weighted by atomic mass is 9.74. The molecule has 1 heterocycles. The predicted molar refractivity (Wildman–Crippen MR) is 108 cm³/mol. The fourth-order valence-corrected chi connectivity index (χ4v) is 4.45. The fourth-order valence-electron chi connectivity index (χ4n) is 4.45. The molecule has 1 saturated heterocycles. The minimum atomic E-state index is 0.113. The molecule has 0 aromatic heterocycles. The highest BCUT2D eigenvalue weighted by Gasteiger charge is 2.37. The van der Waals surface area contributed by atoms with Gasteiger partial charge in [-0.1, -0.05) is 23.8 Å². The molecule has 0 aliphatic carbocycles. The lowest BCUT2D eigenvalue weighted by Crippen LogP contribution is -2.57. The minimum Gasteiger partial charge on any atom is -0.307 e. The molecule has 2 rings (SSSR count). The van der Waals surface area contributed by atoms with Crippen LogP contribution in [0.1, 0.15) is 63.6 Å². The van der Waals surface area contributed by atoms with Gasteiger partial charge in [-0.25, -0.2) is 0 Å². The average Bonchev–Trinajstić information content (AvgIpc) is 2.41. The molecule has 0 radical (unpaired) electrons. The molecule has 25 heavy (non-hydrogen) atoms. The minimum absolute atomic E-state index is 0.113. The van der Waals surface area contributed by atoms with Crippen LogP contribution in [0.3, 0.4) is 0 Å². The van der Waals surface area contributed by atoms with E-state index in [0.29, 0.717) is 17.3 Å². The first-order chi connectivity index (χ1) is 11.5. The summed E-state index contributed by atoms with van der Waals surface area (Å²) < 4.78 is 0. The molecule has 3 heteroatoms. The zero-order valence-electron chi connectivity index (χ0n) is 16.6. The molecule has 1 aliphatic heterocycles. The molecule has 0 saturated carbocycles. The van der Waals surface area contributed by atoms with E-state index in [4.69, 9.17) is 10.8 Å². The number of nitrogens with one attached hydrogen (secondary N) is 3. The van der Waals surface area contributed by atoms with E-state index in [2.05, 4.69) is 46.0 Å². The summed E-state index contributed by atoms with van der Waals surface area (Å²) in [7, 11) is 0. The van der Waals surface area contributed by atoms with Gasteiger partial charge in [0.2, 0.25) is 0 Å². The van der Waals surface area contributed by atoms with E-state index in [9.17, 15) is 0 Å². The molecule has 1 fully saturated rings. The molecule has 0 spiro atoms. The Morgan fingerprint density at radius 1 is 1.08 bits per heavy atom. The molecule has 1 aliphatic rings. The summed E-state index contributed by atoms with van der Waals surface area (Å²) in [5, 5.41) is 20.3. The smallest absolute Gasteiger partial charge is 0.0615 e. The van der Waals surface area contributed by atoms with Crippen LogP contribution in [0.5, 0.6) is 0 Å². The largest absolute Gasteiger partial charge is 0.307 e. The maximum absolute atomic E-state index is 8.32. The highest BCUT2D eigenvalue weighted by atomic mass is 15.0. The topological polar surface area (TPSA) is 59.7 Å². The van der Waals surface area contributed by atoms with Crippen LogP contribution in [0.4, 0.5) is 0 Å². The Bertz CT molecular complexity index is 679. The highest BCUT2D eigenvalue weighted by molar-refractivity contribution is 6.10. The van der Waals surface area contributed by atoms with Gasteiger partial charge >= 0.3 is 0 Å². The van der Waals surface area contributed by atoms with Crippen LogP contribution in [-0.4, -0.2) is 22.5 Å². The van der Waals surface area contributed by atoms with Crippen molar-refractivity contribution in [2.24, 2.45) is 5.92 Å². The van der Waals surface area contributed by atoms with Crippen molar-refractivity contribution in [3.63, 3.8) is 0 Å². The Labute approximate surface area is 152 Å². The number of allylic oxidation sites excluding steroid dienone is 2. The first-order valence-electron chi connectivity index (χ1n) is 9.18. The standard InChI is InChI=1S/C22H33N3/c1-15-7-9-19(16(2)11-15)20(24)10-8-18(23)12-17-13-21(3,4)25-22(5,6)14-17/h7-11,17,23-25H,12-14H2,1-6H3/b10-8-,23-18?,24-20?. The third-order valence-electron chi connectivity index (χ3n) is 4.91. The van der Waals surface area contributed by atoms with E-state index in [1.807, 2.05) is 25.1 Å². The van der Waals surface area contributed by atoms with Gasteiger partial charge in [0.15, 0.2) is 0 Å². The molecule has 1 aromatic rings. The van der Waals surface area contributed by atoms with Gasteiger partial charge in [-0.05, 0) is 84.4 Å². The zero-order chi connectivity index (χ0) is 18.8. The molecular weight excluding hydrogens is 306 g/mol. The summed E-state index contributed by atoms with van der Waals surface area (Å²) >= 11 is 0. The summed E-state index contributed by atoms with van der Waals surface area (Å²) in [5.41, 5.74) is 4.59. The monoisotopic (exact) mass is 339 g/mol. The van der Waals surface area contributed by atoms with Gasteiger partial charge in [0.25, 0.3) is 0 Å². The van der Waals surface area contributed by atoms with Crippen molar-refractivity contribution in [1.82, 2.24) is 5.32 Å². The van der Waals surface area contributed by atoms with Crippen molar-refractivity contribution in [3.8, 4) is 0 Å². The van der Waals surface area contributed by atoms with Gasteiger partial charge < -0.3 is 16.1 Å². The summed E-state index contributed by atoms with van der Waals surface area (Å²) in [6, 6.07) is 6.14. The molecule has 0 atom stereocenters. The second-order valence-electron chi connectivity index (χ2n) is 8.96. The lowest BCUT2D eigenvalue weighted by Gasteiger charge is -2.46. The molecule has 1 aromatic carbocycles. The maximum atomic E-state index is 8.32. The van der Waals surface area contributed by atoms with Crippen LogP contribution in [0, 0.1) is 30.6 Å². The van der Waals surface area contributed by atoms with E-state index in [-0.39, 0.29) is 11.1 Å². The van der Waals surface area contributed by atoms with Gasteiger partial charge in [-0.15, -0.1) is 0 Å².